The van der Waals surface area contributed by atoms with E-state index in [1.807, 2.05) is 48.5 Å². The molecule has 1 aliphatic rings. The number of aromatic amines is 1. The SMILES string of the molecule is COc1ccc(COc2cc3c(=O)[nH]c(CN4CCCC4)nc3c(Cl)c2OCc2ccc(OC)cc2)cc1. The number of fused-ring (bicyclic) bond motifs is 1. The van der Waals surface area contributed by atoms with Gasteiger partial charge < -0.3 is 23.9 Å². The van der Waals surface area contributed by atoms with Gasteiger partial charge in [-0.15, -0.1) is 0 Å². The van der Waals surface area contributed by atoms with Crippen LogP contribution in [-0.2, 0) is 19.8 Å². The zero-order valence-electron chi connectivity index (χ0n) is 21.5. The molecule has 5 rings (SSSR count). The van der Waals surface area contributed by atoms with E-state index in [-0.39, 0.29) is 23.8 Å². The van der Waals surface area contributed by atoms with E-state index in [0.29, 0.717) is 34.8 Å². The molecule has 0 unspecified atom stereocenters. The molecule has 3 aromatic carbocycles. The second kappa shape index (κ2) is 11.8. The van der Waals surface area contributed by atoms with Crippen molar-refractivity contribution in [3.8, 4) is 23.0 Å². The van der Waals surface area contributed by atoms with Crippen molar-refractivity contribution >= 4 is 22.5 Å². The van der Waals surface area contributed by atoms with Crippen LogP contribution in [0.3, 0.4) is 0 Å². The Morgan fingerprint density at radius 3 is 2.05 bits per heavy atom. The van der Waals surface area contributed by atoms with Crippen molar-refractivity contribution in [2.75, 3.05) is 27.3 Å². The van der Waals surface area contributed by atoms with E-state index >= 15 is 0 Å². The second-order valence-corrected chi connectivity index (χ2v) is 9.56. The maximum atomic E-state index is 13.1. The summed E-state index contributed by atoms with van der Waals surface area (Å²) >= 11 is 6.87. The van der Waals surface area contributed by atoms with E-state index in [2.05, 4.69) is 9.88 Å². The predicted molar refractivity (Wildman–Crippen MR) is 147 cm³/mol. The molecule has 0 aliphatic carbocycles. The van der Waals surface area contributed by atoms with Gasteiger partial charge in [0.25, 0.3) is 5.56 Å². The minimum absolute atomic E-state index is 0.245. The van der Waals surface area contributed by atoms with Gasteiger partial charge in [0.1, 0.15) is 41.1 Å². The van der Waals surface area contributed by atoms with Gasteiger partial charge in [-0.3, -0.25) is 9.69 Å². The number of hydrogen-bond donors (Lipinski definition) is 1. The summed E-state index contributed by atoms with van der Waals surface area (Å²) in [7, 11) is 3.25. The summed E-state index contributed by atoms with van der Waals surface area (Å²) in [6.07, 6.45) is 2.30. The molecule has 0 spiro atoms. The summed E-state index contributed by atoms with van der Waals surface area (Å²) in [4.78, 5) is 23.0. The van der Waals surface area contributed by atoms with Crippen molar-refractivity contribution in [3.63, 3.8) is 0 Å². The number of halogens is 1. The van der Waals surface area contributed by atoms with Gasteiger partial charge in [-0.1, -0.05) is 35.9 Å². The number of benzene rings is 3. The van der Waals surface area contributed by atoms with Gasteiger partial charge in [0.05, 0.1) is 26.2 Å². The molecule has 1 aromatic heterocycles. The summed E-state index contributed by atoms with van der Waals surface area (Å²) in [6.45, 7) is 3.05. The quantitative estimate of drug-likeness (QED) is 0.293. The highest BCUT2D eigenvalue weighted by Gasteiger charge is 2.21. The summed E-state index contributed by atoms with van der Waals surface area (Å²) in [6, 6.07) is 16.8. The molecule has 198 valence electrons. The van der Waals surface area contributed by atoms with Crippen LogP contribution in [-0.4, -0.2) is 42.2 Å². The lowest BCUT2D eigenvalue weighted by Crippen LogP contribution is -2.23. The molecule has 2 heterocycles. The Balaban J connectivity index is 1.48. The highest BCUT2D eigenvalue weighted by atomic mass is 35.5. The minimum Gasteiger partial charge on any atom is -0.497 e. The predicted octanol–water partition coefficient (Wildman–Crippen LogP) is 5.35. The first-order valence-corrected chi connectivity index (χ1v) is 12.9. The fourth-order valence-corrected chi connectivity index (χ4v) is 4.76. The Bertz CT molecular complexity index is 1450. The molecule has 1 aliphatic heterocycles. The highest BCUT2D eigenvalue weighted by molar-refractivity contribution is 6.36. The van der Waals surface area contributed by atoms with Crippen LogP contribution < -0.4 is 24.5 Å². The number of H-pyrrole nitrogens is 1. The maximum absolute atomic E-state index is 13.1. The lowest BCUT2D eigenvalue weighted by molar-refractivity contribution is 0.256. The summed E-state index contributed by atoms with van der Waals surface area (Å²) in [5.74, 6) is 2.81. The first-order chi connectivity index (χ1) is 18.5. The number of rotatable bonds is 10. The third-order valence-electron chi connectivity index (χ3n) is 6.58. The van der Waals surface area contributed by atoms with Gasteiger partial charge in [-0.25, -0.2) is 4.98 Å². The molecule has 0 amide bonds. The lowest BCUT2D eigenvalue weighted by atomic mass is 10.2. The third kappa shape index (κ3) is 5.87. The van der Waals surface area contributed by atoms with Crippen molar-refractivity contribution in [2.45, 2.75) is 32.6 Å². The monoisotopic (exact) mass is 535 g/mol. The van der Waals surface area contributed by atoms with Gasteiger partial charge in [-0.2, -0.15) is 0 Å². The number of nitrogens with zero attached hydrogens (tertiary/aromatic N) is 2. The number of hydrogen-bond acceptors (Lipinski definition) is 7. The van der Waals surface area contributed by atoms with Crippen LogP contribution in [0.1, 0.15) is 29.8 Å². The molecule has 8 nitrogen and oxygen atoms in total. The van der Waals surface area contributed by atoms with E-state index in [0.717, 1.165) is 48.6 Å². The van der Waals surface area contributed by atoms with Gasteiger partial charge in [0.2, 0.25) is 0 Å². The third-order valence-corrected chi connectivity index (χ3v) is 6.93. The number of aromatic nitrogens is 2. The van der Waals surface area contributed by atoms with Crippen LogP contribution >= 0.6 is 11.6 Å². The maximum Gasteiger partial charge on any atom is 0.258 e. The van der Waals surface area contributed by atoms with Crippen molar-refractivity contribution in [3.05, 3.63) is 86.9 Å². The Morgan fingerprint density at radius 1 is 0.895 bits per heavy atom. The van der Waals surface area contributed by atoms with Crippen molar-refractivity contribution < 1.29 is 18.9 Å². The Hall–Kier alpha value is -3.75. The number of ether oxygens (including phenoxy) is 4. The molecule has 0 radical (unpaired) electrons. The van der Waals surface area contributed by atoms with Crippen molar-refractivity contribution in [1.82, 2.24) is 14.9 Å². The number of methoxy groups -OCH3 is 2. The molecular weight excluding hydrogens is 506 g/mol. The zero-order chi connectivity index (χ0) is 26.5. The van der Waals surface area contributed by atoms with Gasteiger partial charge in [0, 0.05) is 0 Å². The van der Waals surface area contributed by atoms with Crippen LogP contribution in [0.2, 0.25) is 5.02 Å². The Morgan fingerprint density at radius 2 is 1.47 bits per heavy atom. The molecule has 0 atom stereocenters. The first kappa shape index (κ1) is 25.9. The smallest absolute Gasteiger partial charge is 0.258 e. The fourth-order valence-electron chi connectivity index (χ4n) is 4.47. The summed E-state index contributed by atoms with van der Waals surface area (Å²) in [5.41, 5.74) is 1.99. The van der Waals surface area contributed by atoms with E-state index in [9.17, 15) is 4.79 Å². The Labute approximate surface area is 226 Å². The molecule has 38 heavy (non-hydrogen) atoms. The van der Waals surface area contributed by atoms with Crippen LogP contribution in [0.25, 0.3) is 10.9 Å². The van der Waals surface area contributed by atoms with Crippen molar-refractivity contribution in [1.29, 1.82) is 0 Å². The summed E-state index contributed by atoms with van der Waals surface area (Å²) < 4.78 is 22.8. The molecule has 4 aromatic rings. The second-order valence-electron chi connectivity index (χ2n) is 9.18. The molecule has 1 fully saturated rings. The van der Waals surface area contributed by atoms with Crippen LogP contribution in [0.15, 0.2) is 59.4 Å². The van der Waals surface area contributed by atoms with E-state index in [1.54, 1.807) is 20.3 Å². The number of likely N-dealkylation sites (tertiary alicyclic amines) is 1. The molecule has 1 N–H and O–H groups in total. The lowest BCUT2D eigenvalue weighted by Gasteiger charge is -2.17. The summed E-state index contributed by atoms with van der Waals surface area (Å²) in [5, 5.41) is 0.594. The van der Waals surface area contributed by atoms with Crippen molar-refractivity contribution in [2.24, 2.45) is 0 Å². The van der Waals surface area contributed by atoms with Crippen LogP contribution in [0.5, 0.6) is 23.0 Å². The number of nitrogens with one attached hydrogen (secondary N) is 1. The van der Waals surface area contributed by atoms with Crippen LogP contribution in [0, 0.1) is 0 Å². The largest absolute Gasteiger partial charge is 0.497 e. The van der Waals surface area contributed by atoms with E-state index < -0.39 is 0 Å². The molecule has 0 bridgehead atoms. The highest BCUT2D eigenvalue weighted by Crippen LogP contribution is 2.40. The van der Waals surface area contributed by atoms with Gasteiger partial charge in [-0.05, 0) is 67.4 Å². The van der Waals surface area contributed by atoms with Crippen LogP contribution in [0.4, 0.5) is 0 Å². The average Bonchev–Trinajstić information content (AvgIpc) is 3.45. The molecule has 9 heteroatoms. The normalized spacial score (nSPS) is 13.6. The minimum atomic E-state index is -0.262. The molecule has 1 saturated heterocycles. The standard InChI is InChI=1S/C29H30ClN3O5/c1-35-21-9-5-19(6-10-21)17-37-24-15-23-27(31-25(32-29(23)34)16-33-13-3-4-14-33)26(30)28(24)38-18-20-7-11-22(36-2)12-8-20/h5-12,15H,3-4,13-14,16-18H2,1-2H3,(H,31,32,34). The van der Waals surface area contributed by atoms with E-state index in [1.165, 1.54) is 0 Å². The zero-order valence-corrected chi connectivity index (χ0v) is 22.2. The average molecular weight is 536 g/mol. The fraction of sp³-hybridized carbons (Fsp3) is 0.310. The Kier molecular flexibility index (Phi) is 8.00. The molecule has 0 saturated carbocycles. The van der Waals surface area contributed by atoms with E-state index in [4.69, 9.17) is 35.5 Å². The first-order valence-electron chi connectivity index (χ1n) is 12.5. The van der Waals surface area contributed by atoms with Gasteiger partial charge >= 0.3 is 0 Å². The molecular formula is C29H30ClN3O5. The topological polar surface area (TPSA) is 85.9 Å². The van der Waals surface area contributed by atoms with Gasteiger partial charge in [0.15, 0.2) is 11.5 Å².